The van der Waals surface area contributed by atoms with Crippen molar-refractivity contribution in [3.05, 3.63) is 59.1 Å². The third-order valence-electron chi connectivity index (χ3n) is 5.07. The predicted octanol–water partition coefficient (Wildman–Crippen LogP) is 3.67. The van der Waals surface area contributed by atoms with Crippen LogP contribution in [-0.2, 0) is 14.6 Å². The van der Waals surface area contributed by atoms with Crippen LogP contribution in [-0.4, -0.2) is 32.5 Å². The monoisotopic (exact) mass is 434 g/mol. The fraction of sp³-hybridized carbons (Fsp3) is 0.333. The van der Waals surface area contributed by atoms with Crippen molar-refractivity contribution in [3.8, 4) is 0 Å². The molecule has 0 aromatic heterocycles. The number of sulfone groups is 1. The molecule has 0 heterocycles. The minimum atomic E-state index is -3.26. The summed E-state index contributed by atoms with van der Waals surface area (Å²) in [6.07, 6.45) is 3.93. The molecule has 1 aliphatic carbocycles. The number of carbonyl (C=O) groups is 2. The molecule has 1 fully saturated rings. The number of rotatable bonds is 5. The fourth-order valence-corrected chi connectivity index (χ4v) is 4.25. The highest BCUT2D eigenvalue weighted by Crippen LogP contribution is 2.26. The molecule has 0 aliphatic heterocycles. The van der Waals surface area contributed by atoms with Crippen LogP contribution in [0.4, 0.5) is 5.69 Å². The number of amides is 2. The molecule has 6 nitrogen and oxygen atoms in total. The maximum absolute atomic E-state index is 12.5. The molecule has 0 atom stereocenters. The second kappa shape index (κ2) is 8.97. The van der Waals surface area contributed by atoms with Gasteiger partial charge >= 0.3 is 0 Å². The van der Waals surface area contributed by atoms with Crippen LogP contribution in [0.15, 0.2) is 53.4 Å². The molecule has 2 aromatic rings. The van der Waals surface area contributed by atoms with Gasteiger partial charge in [-0.3, -0.25) is 9.59 Å². The van der Waals surface area contributed by atoms with E-state index in [0.717, 1.165) is 19.1 Å². The molecule has 0 saturated heterocycles. The molecule has 0 bridgehead atoms. The van der Waals surface area contributed by atoms with Crippen molar-refractivity contribution in [1.29, 1.82) is 0 Å². The fourth-order valence-electron chi connectivity index (χ4n) is 3.43. The Kier molecular flexibility index (Phi) is 6.59. The van der Waals surface area contributed by atoms with E-state index in [2.05, 4.69) is 10.6 Å². The molecular formula is C21H23ClN2O4S. The summed E-state index contributed by atoms with van der Waals surface area (Å²) in [5, 5.41) is 6.36. The third-order valence-corrected chi connectivity index (χ3v) is 6.43. The zero-order valence-corrected chi connectivity index (χ0v) is 17.6. The van der Waals surface area contributed by atoms with Crippen LogP contribution in [0.25, 0.3) is 0 Å². The third kappa shape index (κ3) is 5.81. The van der Waals surface area contributed by atoms with Gasteiger partial charge in [-0.05, 0) is 68.1 Å². The summed E-state index contributed by atoms with van der Waals surface area (Å²) in [7, 11) is -3.26. The van der Waals surface area contributed by atoms with Crippen LogP contribution >= 0.6 is 11.6 Å². The van der Waals surface area contributed by atoms with Gasteiger partial charge in [0.05, 0.1) is 4.90 Å². The second-order valence-corrected chi connectivity index (χ2v) is 9.77. The van der Waals surface area contributed by atoms with Crippen molar-refractivity contribution in [2.24, 2.45) is 5.92 Å². The Labute approximate surface area is 175 Å². The van der Waals surface area contributed by atoms with Crippen LogP contribution in [0.5, 0.6) is 0 Å². The van der Waals surface area contributed by atoms with Gasteiger partial charge in [-0.1, -0.05) is 17.7 Å². The van der Waals surface area contributed by atoms with Gasteiger partial charge in [-0.15, -0.1) is 0 Å². The molecule has 2 amide bonds. The van der Waals surface area contributed by atoms with Gasteiger partial charge in [0.15, 0.2) is 9.84 Å². The first-order valence-corrected chi connectivity index (χ1v) is 11.7. The van der Waals surface area contributed by atoms with E-state index in [1.54, 1.807) is 36.4 Å². The zero-order chi connectivity index (χ0) is 21.0. The molecule has 2 aromatic carbocycles. The van der Waals surface area contributed by atoms with Crippen molar-refractivity contribution >= 4 is 38.9 Å². The van der Waals surface area contributed by atoms with Crippen molar-refractivity contribution in [2.75, 3.05) is 11.6 Å². The Balaban J connectivity index is 1.50. The summed E-state index contributed by atoms with van der Waals surface area (Å²) >= 11 is 5.93. The molecule has 1 saturated carbocycles. The van der Waals surface area contributed by atoms with E-state index in [4.69, 9.17) is 11.6 Å². The van der Waals surface area contributed by atoms with E-state index in [9.17, 15) is 18.0 Å². The summed E-state index contributed by atoms with van der Waals surface area (Å²) < 4.78 is 23.0. The standard InChI is InChI=1S/C21H23ClN2O4S/c1-29(27,28)19-11-9-18(10-12-19)23-20(25)14-5-7-17(8-6-14)24-21(26)15-3-2-4-16(22)13-15/h2-4,9-14,17H,5-8H2,1H3,(H,23,25)(H,24,26). The largest absolute Gasteiger partial charge is 0.349 e. The Morgan fingerprint density at radius 2 is 1.66 bits per heavy atom. The van der Waals surface area contributed by atoms with Crippen LogP contribution in [0.3, 0.4) is 0 Å². The number of anilines is 1. The first-order valence-electron chi connectivity index (χ1n) is 9.40. The van der Waals surface area contributed by atoms with Gasteiger partial charge in [-0.2, -0.15) is 0 Å². The molecule has 29 heavy (non-hydrogen) atoms. The highest BCUT2D eigenvalue weighted by atomic mass is 35.5. The smallest absolute Gasteiger partial charge is 0.251 e. The highest BCUT2D eigenvalue weighted by Gasteiger charge is 2.27. The zero-order valence-electron chi connectivity index (χ0n) is 16.0. The SMILES string of the molecule is CS(=O)(=O)c1ccc(NC(=O)C2CCC(NC(=O)c3cccc(Cl)c3)CC2)cc1. The van der Waals surface area contributed by atoms with Gasteiger partial charge < -0.3 is 10.6 Å². The maximum atomic E-state index is 12.5. The lowest BCUT2D eigenvalue weighted by Gasteiger charge is -2.28. The first-order chi connectivity index (χ1) is 13.7. The van der Waals surface area contributed by atoms with E-state index in [1.165, 1.54) is 12.1 Å². The minimum Gasteiger partial charge on any atom is -0.349 e. The quantitative estimate of drug-likeness (QED) is 0.750. The van der Waals surface area contributed by atoms with Crippen LogP contribution in [0.1, 0.15) is 36.0 Å². The molecule has 1 aliphatic rings. The molecule has 8 heteroatoms. The van der Waals surface area contributed by atoms with Gasteiger partial charge in [0.1, 0.15) is 0 Å². The molecule has 2 N–H and O–H groups in total. The predicted molar refractivity (Wildman–Crippen MR) is 113 cm³/mol. The lowest BCUT2D eigenvalue weighted by Crippen LogP contribution is -2.39. The normalized spacial score (nSPS) is 19.4. The average molecular weight is 435 g/mol. The topological polar surface area (TPSA) is 92.3 Å². The molecule has 0 radical (unpaired) electrons. The summed E-state index contributed by atoms with van der Waals surface area (Å²) in [6, 6.07) is 13.0. The van der Waals surface area contributed by atoms with Crippen molar-refractivity contribution < 1.29 is 18.0 Å². The van der Waals surface area contributed by atoms with Gasteiger partial charge in [0.2, 0.25) is 5.91 Å². The minimum absolute atomic E-state index is 0.0274. The molecule has 0 spiro atoms. The number of hydrogen-bond acceptors (Lipinski definition) is 4. The number of nitrogens with one attached hydrogen (secondary N) is 2. The molecule has 0 unspecified atom stereocenters. The van der Waals surface area contributed by atoms with E-state index >= 15 is 0 Å². The Hall–Kier alpha value is -2.38. The first kappa shape index (κ1) is 21.3. The summed E-state index contributed by atoms with van der Waals surface area (Å²) in [4.78, 5) is 25.0. The molecule has 3 rings (SSSR count). The molecular weight excluding hydrogens is 412 g/mol. The Bertz CT molecular complexity index is 998. The summed E-state index contributed by atoms with van der Waals surface area (Å²) in [5.41, 5.74) is 1.09. The van der Waals surface area contributed by atoms with E-state index in [0.29, 0.717) is 29.1 Å². The van der Waals surface area contributed by atoms with Crippen LogP contribution in [0.2, 0.25) is 5.02 Å². The van der Waals surface area contributed by atoms with E-state index in [1.807, 2.05) is 0 Å². The average Bonchev–Trinajstić information content (AvgIpc) is 2.68. The highest BCUT2D eigenvalue weighted by molar-refractivity contribution is 7.90. The van der Waals surface area contributed by atoms with Gasteiger partial charge in [0.25, 0.3) is 5.91 Å². The summed E-state index contributed by atoms with van der Waals surface area (Å²) in [5.74, 6) is -0.382. The number of carbonyl (C=O) groups excluding carboxylic acids is 2. The van der Waals surface area contributed by atoms with Crippen LogP contribution in [0, 0.1) is 5.92 Å². The van der Waals surface area contributed by atoms with E-state index in [-0.39, 0.29) is 28.7 Å². The number of hydrogen-bond donors (Lipinski definition) is 2. The summed E-state index contributed by atoms with van der Waals surface area (Å²) in [6.45, 7) is 0. The number of halogens is 1. The van der Waals surface area contributed by atoms with Crippen molar-refractivity contribution in [3.63, 3.8) is 0 Å². The van der Waals surface area contributed by atoms with Crippen molar-refractivity contribution in [2.45, 2.75) is 36.6 Å². The van der Waals surface area contributed by atoms with E-state index < -0.39 is 9.84 Å². The lowest BCUT2D eigenvalue weighted by atomic mass is 9.85. The lowest BCUT2D eigenvalue weighted by molar-refractivity contribution is -0.120. The molecule has 154 valence electrons. The number of benzene rings is 2. The van der Waals surface area contributed by atoms with Crippen LogP contribution < -0.4 is 10.6 Å². The van der Waals surface area contributed by atoms with Gasteiger partial charge in [0, 0.05) is 34.5 Å². The second-order valence-electron chi connectivity index (χ2n) is 7.32. The Morgan fingerprint density at radius 1 is 1.00 bits per heavy atom. The Morgan fingerprint density at radius 3 is 2.24 bits per heavy atom. The van der Waals surface area contributed by atoms with Crippen molar-refractivity contribution in [1.82, 2.24) is 5.32 Å². The van der Waals surface area contributed by atoms with Gasteiger partial charge in [-0.25, -0.2) is 8.42 Å². The maximum Gasteiger partial charge on any atom is 0.251 e.